The van der Waals surface area contributed by atoms with Crippen LogP contribution in [0, 0.1) is 0 Å². The summed E-state index contributed by atoms with van der Waals surface area (Å²) in [5.74, 6) is 0. The Morgan fingerprint density at radius 2 is 1.43 bits per heavy atom. The number of hydrogen-bond donors (Lipinski definition) is 2. The maximum atomic E-state index is 5.58. The van der Waals surface area contributed by atoms with Crippen molar-refractivity contribution in [1.29, 1.82) is 0 Å². The molecule has 0 aliphatic carbocycles. The monoisotopic (exact) mass is 200 g/mol. The molecule has 86 valence electrons. The third-order valence-electron chi connectivity index (χ3n) is 2.50. The van der Waals surface area contributed by atoms with Crippen molar-refractivity contribution in [2.45, 2.75) is 71.4 Å². The fourth-order valence-corrected chi connectivity index (χ4v) is 1.59. The first-order valence-corrected chi connectivity index (χ1v) is 6.26. The molecule has 0 aromatic carbocycles. The lowest BCUT2D eigenvalue weighted by Gasteiger charge is -2.07. The van der Waals surface area contributed by atoms with Crippen molar-refractivity contribution in [3.05, 3.63) is 0 Å². The predicted molar refractivity (Wildman–Crippen MR) is 64.3 cm³/mol. The fraction of sp³-hybridized carbons (Fsp3) is 1.00. The molecule has 0 aliphatic rings. The van der Waals surface area contributed by atoms with Crippen LogP contribution in [0.3, 0.4) is 0 Å². The normalized spacial score (nSPS) is 13.1. The standard InChI is InChI=1S/C12H28N2/c1-3-4-5-6-7-8-9-10-11-14-12(2)13/h12,14H,3-11,13H2,1-2H3. The third kappa shape index (κ3) is 11.9. The molecule has 2 heteroatoms. The third-order valence-corrected chi connectivity index (χ3v) is 2.50. The summed E-state index contributed by atoms with van der Waals surface area (Å²) in [6.07, 6.45) is 11.2. The molecule has 0 fully saturated rings. The lowest BCUT2D eigenvalue weighted by Crippen LogP contribution is -2.34. The van der Waals surface area contributed by atoms with E-state index in [-0.39, 0.29) is 6.17 Å². The van der Waals surface area contributed by atoms with E-state index in [1.54, 1.807) is 0 Å². The molecule has 1 atom stereocenters. The van der Waals surface area contributed by atoms with Gasteiger partial charge >= 0.3 is 0 Å². The molecular formula is C12H28N2. The number of hydrogen-bond acceptors (Lipinski definition) is 2. The summed E-state index contributed by atoms with van der Waals surface area (Å²) in [6, 6.07) is 0. The zero-order chi connectivity index (χ0) is 10.6. The van der Waals surface area contributed by atoms with Crippen molar-refractivity contribution in [3.63, 3.8) is 0 Å². The van der Waals surface area contributed by atoms with E-state index >= 15 is 0 Å². The van der Waals surface area contributed by atoms with E-state index in [1.165, 1.54) is 51.4 Å². The molecule has 0 rings (SSSR count). The Hall–Kier alpha value is -0.0800. The molecule has 0 saturated carbocycles. The van der Waals surface area contributed by atoms with Crippen molar-refractivity contribution >= 4 is 0 Å². The number of unbranched alkanes of at least 4 members (excludes halogenated alkanes) is 7. The van der Waals surface area contributed by atoms with E-state index in [4.69, 9.17) is 5.73 Å². The van der Waals surface area contributed by atoms with E-state index in [0.29, 0.717) is 0 Å². The zero-order valence-corrected chi connectivity index (χ0v) is 10.0. The van der Waals surface area contributed by atoms with E-state index in [9.17, 15) is 0 Å². The lowest BCUT2D eigenvalue weighted by molar-refractivity contribution is 0.519. The van der Waals surface area contributed by atoms with Gasteiger partial charge in [0.1, 0.15) is 0 Å². The van der Waals surface area contributed by atoms with Gasteiger partial charge in [-0.1, -0.05) is 51.9 Å². The van der Waals surface area contributed by atoms with Gasteiger partial charge in [0.15, 0.2) is 0 Å². The van der Waals surface area contributed by atoms with Crippen LogP contribution in [0.15, 0.2) is 0 Å². The van der Waals surface area contributed by atoms with Crippen LogP contribution < -0.4 is 11.1 Å². The lowest BCUT2D eigenvalue weighted by atomic mass is 10.1. The summed E-state index contributed by atoms with van der Waals surface area (Å²) in [4.78, 5) is 0. The first-order chi connectivity index (χ1) is 6.77. The quantitative estimate of drug-likeness (QED) is 0.420. The number of nitrogens with two attached hydrogens (primary N) is 1. The van der Waals surface area contributed by atoms with E-state index in [1.807, 2.05) is 6.92 Å². The molecule has 0 amide bonds. The summed E-state index contributed by atoms with van der Waals surface area (Å²) in [7, 11) is 0. The molecule has 0 aromatic rings. The Morgan fingerprint density at radius 1 is 0.929 bits per heavy atom. The van der Waals surface area contributed by atoms with Gasteiger partial charge in [-0.15, -0.1) is 0 Å². The Bertz CT molecular complexity index is 102. The SMILES string of the molecule is CCCCCCCCCCNC(C)N. The topological polar surface area (TPSA) is 38.0 Å². The molecule has 0 heterocycles. The van der Waals surface area contributed by atoms with Gasteiger partial charge in [-0.2, -0.15) is 0 Å². The van der Waals surface area contributed by atoms with Gasteiger partial charge in [-0.25, -0.2) is 0 Å². The van der Waals surface area contributed by atoms with Crippen molar-refractivity contribution < 1.29 is 0 Å². The Kier molecular flexibility index (Phi) is 10.9. The molecule has 0 saturated heterocycles. The van der Waals surface area contributed by atoms with Crippen molar-refractivity contribution in [3.8, 4) is 0 Å². The maximum absolute atomic E-state index is 5.58. The van der Waals surface area contributed by atoms with Gasteiger partial charge in [-0.05, 0) is 19.9 Å². The highest BCUT2D eigenvalue weighted by molar-refractivity contribution is 4.52. The van der Waals surface area contributed by atoms with Gasteiger partial charge in [0.2, 0.25) is 0 Å². The summed E-state index contributed by atoms with van der Waals surface area (Å²) >= 11 is 0. The van der Waals surface area contributed by atoms with Crippen LogP contribution in [-0.4, -0.2) is 12.7 Å². The highest BCUT2D eigenvalue weighted by Gasteiger charge is 1.93. The fourth-order valence-electron chi connectivity index (χ4n) is 1.59. The predicted octanol–water partition coefficient (Wildman–Crippen LogP) is 3.02. The smallest absolute Gasteiger partial charge is 0.0517 e. The second kappa shape index (κ2) is 11.0. The largest absolute Gasteiger partial charge is 0.316 e. The Labute approximate surface area is 89.6 Å². The second-order valence-electron chi connectivity index (χ2n) is 4.22. The minimum atomic E-state index is 0.152. The first-order valence-electron chi connectivity index (χ1n) is 6.26. The van der Waals surface area contributed by atoms with Crippen LogP contribution in [-0.2, 0) is 0 Å². The van der Waals surface area contributed by atoms with Gasteiger partial charge in [-0.3, -0.25) is 0 Å². The van der Waals surface area contributed by atoms with Crippen LogP contribution in [0.1, 0.15) is 65.2 Å². The first kappa shape index (κ1) is 13.9. The second-order valence-corrected chi connectivity index (χ2v) is 4.22. The van der Waals surface area contributed by atoms with Gasteiger partial charge in [0.05, 0.1) is 6.17 Å². The molecular weight excluding hydrogens is 172 g/mol. The maximum Gasteiger partial charge on any atom is 0.0517 e. The Balaban J connectivity index is 2.85. The van der Waals surface area contributed by atoms with Crippen LogP contribution >= 0.6 is 0 Å². The van der Waals surface area contributed by atoms with Crippen molar-refractivity contribution in [2.75, 3.05) is 6.54 Å². The van der Waals surface area contributed by atoms with Gasteiger partial charge in [0.25, 0.3) is 0 Å². The van der Waals surface area contributed by atoms with Crippen LogP contribution in [0.25, 0.3) is 0 Å². The minimum absolute atomic E-state index is 0.152. The van der Waals surface area contributed by atoms with E-state index < -0.39 is 0 Å². The Morgan fingerprint density at radius 3 is 1.93 bits per heavy atom. The van der Waals surface area contributed by atoms with Crippen LogP contribution in [0.2, 0.25) is 0 Å². The number of rotatable bonds is 10. The van der Waals surface area contributed by atoms with E-state index in [2.05, 4.69) is 12.2 Å². The summed E-state index contributed by atoms with van der Waals surface area (Å²) in [5.41, 5.74) is 5.58. The minimum Gasteiger partial charge on any atom is -0.316 e. The van der Waals surface area contributed by atoms with Crippen LogP contribution in [0.4, 0.5) is 0 Å². The molecule has 0 spiro atoms. The van der Waals surface area contributed by atoms with Crippen molar-refractivity contribution in [1.82, 2.24) is 5.32 Å². The molecule has 0 aliphatic heterocycles. The zero-order valence-electron chi connectivity index (χ0n) is 10.0. The average Bonchev–Trinajstić information content (AvgIpc) is 2.15. The summed E-state index contributed by atoms with van der Waals surface area (Å²) in [6.45, 7) is 5.33. The average molecular weight is 200 g/mol. The summed E-state index contributed by atoms with van der Waals surface area (Å²) < 4.78 is 0. The molecule has 2 nitrogen and oxygen atoms in total. The highest BCUT2D eigenvalue weighted by Crippen LogP contribution is 2.07. The van der Waals surface area contributed by atoms with Crippen LogP contribution in [0.5, 0.6) is 0 Å². The van der Waals surface area contributed by atoms with E-state index in [0.717, 1.165) is 6.54 Å². The molecule has 14 heavy (non-hydrogen) atoms. The van der Waals surface area contributed by atoms with Gasteiger partial charge < -0.3 is 11.1 Å². The van der Waals surface area contributed by atoms with Crippen molar-refractivity contribution in [2.24, 2.45) is 5.73 Å². The molecule has 0 radical (unpaired) electrons. The molecule has 3 N–H and O–H groups in total. The molecule has 0 bridgehead atoms. The summed E-state index contributed by atoms with van der Waals surface area (Å²) in [5, 5.41) is 3.23. The molecule has 1 unspecified atom stereocenters. The number of nitrogens with one attached hydrogen (secondary N) is 1. The van der Waals surface area contributed by atoms with Gasteiger partial charge in [0, 0.05) is 0 Å². The highest BCUT2D eigenvalue weighted by atomic mass is 15.0. The molecule has 0 aromatic heterocycles.